The number of rotatable bonds is 3. The van der Waals surface area contributed by atoms with E-state index in [1.54, 1.807) is 0 Å². The van der Waals surface area contributed by atoms with Gasteiger partial charge in [0, 0.05) is 5.56 Å². The molecule has 0 amide bonds. The summed E-state index contributed by atoms with van der Waals surface area (Å²) in [6.07, 6.45) is 1.38. The van der Waals surface area contributed by atoms with Gasteiger partial charge in [-0.15, -0.1) is 0 Å². The molecular weight excluding hydrogens is 216 g/mol. The maximum atomic E-state index is 13.5. The van der Waals surface area contributed by atoms with Crippen LogP contribution in [0.4, 0.5) is 8.78 Å². The number of hydrogen-bond donors (Lipinski definition) is 3. The second-order valence-corrected chi connectivity index (χ2v) is 3.14. The van der Waals surface area contributed by atoms with Crippen LogP contribution in [0.1, 0.15) is 17.3 Å². The molecule has 0 radical (unpaired) electrons. The lowest BCUT2D eigenvalue weighted by Crippen LogP contribution is -2.30. The molecule has 1 unspecified atom stereocenters. The third-order valence-corrected chi connectivity index (χ3v) is 2.19. The van der Waals surface area contributed by atoms with Crippen LogP contribution in [-0.4, -0.2) is 15.4 Å². The monoisotopic (exact) mass is 225 g/mol. The van der Waals surface area contributed by atoms with E-state index in [1.807, 2.05) is 0 Å². The van der Waals surface area contributed by atoms with Crippen molar-refractivity contribution in [3.8, 4) is 0 Å². The van der Waals surface area contributed by atoms with E-state index < -0.39 is 17.7 Å². The van der Waals surface area contributed by atoms with Gasteiger partial charge in [-0.25, -0.2) is 14.2 Å². The van der Waals surface area contributed by atoms with Crippen LogP contribution in [0, 0.1) is 11.6 Å². The number of aromatic nitrogens is 3. The zero-order chi connectivity index (χ0) is 11.5. The van der Waals surface area contributed by atoms with Crippen LogP contribution in [0.3, 0.4) is 0 Å². The summed E-state index contributed by atoms with van der Waals surface area (Å²) in [6.45, 7) is 0. The molecule has 1 aromatic heterocycles. The number of H-pyrrole nitrogens is 1. The van der Waals surface area contributed by atoms with Crippen molar-refractivity contribution in [1.29, 1.82) is 0 Å². The van der Waals surface area contributed by atoms with Gasteiger partial charge in [-0.3, -0.25) is 5.84 Å². The Morgan fingerprint density at radius 2 is 2.19 bits per heavy atom. The molecule has 0 aliphatic heterocycles. The molecule has 7 heteroatoms. The van der Waals surface area contributed by atoms with Gasteiger partial charge in [-0.05, 0) is 6.07 Å². The fourth-order valence-electron chi connectivity index (χ4n) is 1.43. The molecule has 5 nitrogen and oxygen atoms in total. The Morgan fingerprint density at radius 3 is 2.81 bits per heavy atom. The van der Waals surface area contributed by atoms with Gasteiger partial charge in [0.15, 0.2) is 11.6 Å². The third kappa shape index (κ3) is 1.77. The van der Waals surface area contributed by atoms with Gasteiger partial charge in [0.05, 0.1) is 12.2 Å². The smallest absolute Gasteiger partial charge is 0.164 e. The predicted octanol–water partition coefficient (Wildman–Crippen LogP) is 0.636. The van der Waals surface area contributed by atoms with Gasteiger partial charge in [-0.1, -0.05) is 12.1 Å². The molecule has 4 N–H and O–H groups in total. The van der Waals surface area contributed by atoms with Crippen LogP contribution in [0.5, 0.6) is 0 Å². The second kappa shape index (κ2) is 4.33. The van der Waals surface area contributed by atoms with Crippen LogP contribution in [0.15, 0.2) is 24.4 Å². The summed E-state index contributed by atoms with van der Waals surface area (Å²) in [5.74, 6) is 3.41. The normalized spacial score (nSPS) is 12.7. The van der Waals surface area contributed by atoms with Gasteiger partial charge in [0.1, 0.15) is 5.69 Å². The number of nitrogens with one attached hydrogen (secondary N) is 2. The molecule has 0 aliphatic rings. The molecular formula is C9H9F2N5. The quantitative estimate of drug-likeness (QED) is 0.529. The Labute approximate surface area is 89.6 Å². The SMILES string of the molecule is NNC(c1cn[nH]n1)c1cccc(F)c1F. The van der Waals surface area contributed by atoms with Crippen molar-refractivity contribution >= 4 is 0 Å². The van der Waals surface area contributed by atoms with Crippen molar-refractivity contribution in [3.63, 3.8) is 0 Å². The van der Waals surface area contributed by atoms with Gasteiger partial charge in [0.25, 0.3) is 0 Å². The number of aromatic amines is 1. The number of hydrazine groups is 1. The third-order valence-electron chi connectivity index (χ3n) is 2.19. The predicted molar refractivity (Wildman–Crippen MR) is 51.9 cm³/mol. The van der Waals surface area contributed by atoms with E-state index in [0.717, 1.165) is 6.07 Å². The maximum absolute atomic E-state index is 13.5. The summed E-state index contributed by atoms with van der Waals surface area (Å²) in [5.41, 5.74) is 2.82. The number of benzene rings is 1. The Kier molecular flexibility index (Phi) is 2.88. The van der Waals surface area contributed by atoms with Crippen molar-refractivity contribution < 1.29 is 8.78 Å². The van der Waals surface area contributed by atoms with Crippen LogP contribution in [-0.2, 0) is 0 Å². The Balaban J connectivity index is 2.45. The van der Waals surface area contributed by atoms with Gasteiger partial charge in [-0.2, -0.15) is 15.4 Å². The summed E-state index contributed by atoms with van der Waals surface area (Å²) < 4.78 is 26.5. The van der Waals surface area contributed by atoms with Crippen molar-refractivity contribution in [3.05, 3.63) is 47.3 Å². The standard InChI is InChI=1S/C9H9F2N5/c10-6-3-1-2-5(8(6)11)9(14-12)7-4-13-16-15-7/h1-4,9,14H,12H2,(H,13,15,16). The average molecular weight is 225 g/mol. The molecule has 1 heterocycles. The summed E-state index contributed by atoms with van der Waals surface area (Å²) in [5, 5.41) is 9.72. The van der Waals surface area contributed by atoms with Crippen molar-refractivity contribution in [2.24, 2.45) is 5.84 Å². The molecule has 0 bridgehead atoms. The number of nitrogens with two attached hydrogens (primary N) is 1. The van der Waals surface area contributed by atoms with Crippen LogP contribution >= 0.6 is 0 Å². The van der Waals surface area contributed by atoms with E-state index in [2.05, 4.69) is 20.8 Å². The summed E-state index contributed by atoms with van der Waals surface area (Å²) >= 11 is 0. The van der Waals surface area contributed by atoms with E-state index in [9.17, 15) is 8.78 Å². The Morgan fingerprint density at radius 1 is 1.38 bits per heavy atom. The highest BCUT2D eigenvalue weighted by molar-refractivity contribution is 5.28. The van der Waals surface area contributed by atoms with Crippen LogP contribution in [0.2, 0.25) is 0 Å². The molecule has 2 aromatic rings. The summed E-state index contributed by atoms with van der Waals surface area (Å²) in [4.78, 5) is 0. The zero-order valence-corrected chi connectivity index (χ0v) is 8.11. The van der Waals surface area contributed by atoms with Crippen LogP contribution in [0.25, 0.3) is 0 Å². The second-order valence-electron chi connectivity index (χ2n) is 3.14. The lowest BCUT2D eigenvalue weighted by molar-refractivity contribution is 0.481. The van der Waals surface area contributed by atoms with E-state index in [4.69, 9.17) is 5.84 Å². The molecule has 2 rings (SSSR count). The van der Waals surface area contributed by atoms with Gasteiger partial charge in [0.2, 0.25) is 0 Å². The minimum Gasteiger partial charge on any atom is -0.271 e. The Bertz CT molecular complexity index is 471. The van der Waals surface area contributed by atoms with Crippen molar-refractivity contribution in [1.82, 2.24) is 20.8 Å². The molecule has 0 spiro atoms. The largest absolute Gasteiger partial charge is 0.271 e. The minimum absolute atomic E-state index is 0.0800. The van der Waals surface area contributed by atoms with Crippen molar-refractivity contribution in [2.45, 2.75) is 6.04 Å². The first-order chi connectivity index (χ1) is 7.74. The molecule has 0 fully saturated rings. The Hall–Kier alpha value is -1.86. The van der Waals surface area contributed by atoms with Gasteiger partial charge >= 0.3 is 0 Å². The summed E-state index contributed by atoms with van der Waals surface area (Å²) in [6, 6.07) is 3.12. The van der Waals surface area contributed by atoms with Crippen molar-refractivity contribution in [2.75, 3.05) is 0 Å². The lowest BCUT2D eigenvalue weighted by atomic mass is 10.0. The van der Waals surface area contributed by atoms with Gasteiger partial charge < -0.3 is 0 Å². The average Bonchev–Trinajstić information content (AvgIpc) is 2.79. The fourth-order valence-corrected chi connectivity index (χ4v) is 1.43. The highest BCUT2D eigenvalue weighted by atomic mass is 19.2. The molecule has 1 aromatic carbocycles. The maximum Gasteiger partial charge on any atom is 0.164 e. The first-order valence-electron chi connectivity index (χ1n) is 4.49. The van der Waals surface area contributed by atoms with Crippen LogP contribution < -0.4 is 11.3 Å². The first kappa shape index (κ1) is 10.7. The lowest BCUT2D eigenvalue weighted by Gasteiger charge is -2.14. The number of nitrogens with zero attached hydrogens (tertiary/aromatic N) is 2. The minimum atomic E-state index is -0.951. The van der Waals surface area contributed by atoms with E-state index in [0.29, 0.717) is 5.69 Å². The molecule has 84 valence electrons. The number of hydrogen-bond acceptors (Lipinski definition) is 4. The molecule has 16 heavy (non-hydrogen) atoms. The molecule has 0 saturated heterocycles. The highest BCUT2D eigenvalue weighted by Gasteiger charge is 2.20. The fraction of sp³-hybridized carbons (Fsp3) is 0.111. The van der Waals surface area contributed by atoms with E-state index in [-0.39, 0.29) is 5.56 Å². The topological polar surface area (TPSA) is 79.6 Å². The molecule has 1 atom stereocenters. The van der Waals surface area contributed by atoms with E-state index in [1.165, 1.54) is 18.3 Å². The first-order valence-corrected chi connectivity index (χ1v) is 4.49. The molecule has 0 saturated carbocycles. The summed E-state index contributed by atoms with van der Waals surface area (Å²) in [7, 11) is 0. The van der Waals surface area contributed by atoms with E-state index >= 15 is 0 Å². The zero-order valence-electron chi connectivity index (χ0n) is 8.11. The molecule has 0 aliphatic carbocycles. The highest BCUT2D eigenvalue weighted by Crippen LogP contribution is 2.22. The number of halogens is 2.